The van der Waals surface area contributed by atoms with Crippen LogP contribution in [0.3, 0.4) is 0 Å². The van der Waals surface area contributed by atoms with Crippen LogP contribution in [0.1, 0.15) is 0 Å². The number of fused-ring (bicyclic) bond motifs is 1. The van der Waals surface area contributed by atoms with E-state index in [0.29, 0.717) is 6.61 Å². The third-order valence-corrected chi connectivity index (χ3v) is 4.30. The third-order valence-electron chi connectivity index (χ3n) is 2.61. The minimum atomic E-state index is -2.83. The molecule has 2 fully saturated rings. The second-order valence-corrected chi connectivity index (χ2v) is 5.69. The van der Waals surface area contributed by atoms with Crippen LogP contribution in [0.4, 0.5) is 0 Å². The third kappa shape index (κ3) is 1.36. The van der Waals surface area contributed by atoms with Gasteiger partial charge in [-0.2, -0.15) is 0 Å². The van der Waals surface area contributed by atoms with Crippen molar-refractivity contribution in [2.75, 3.05) is 31.7 Å². The molecule has 0 aromatic carbocycles. The van der Waals surface area contributed by atoms with Crippen molar-refractivity contribution >= 4 is 9.84 Å². The van der Waals surface area contributed by atoms with Gasteiger partial charge in [-0.15, -0.1) is 0 Å². The summed E-state index contributed by atoms with van der Waals surface area (Å²) in [6.45, 7) is 1.50. The van der Waals surface area contributed by atoms with Crippen LogP contribution in [0.15, 0.2) is 0 Å². The van der Waals surface area contributed by atoms with Gasteiger partial charge in [-0.25, -0.2) is 8.42 Å². The van der Waals surface area contributed by atoms with E-state index < -0.39 is 9.84 Å². The van der Waals surface area contributed by atoms with Gasteiger partial charge in [0.05, 0.1) is 30.3 Å². The highest BCUT2D eigenvalue weighted by atomic mass is 32.2. The summed E-state index contributed by atoms with van der Waals surface area (Å²) in [7, 11) is -0.869. The summed E-state index contributed by atoms with van der Waals surface area (Å²) in [5.74, 6) is 0.482. The Morgan fingerprint density at radius 1 is 1.42 bits per heavy atom. The summed E-state index contributed by atoms with van der Waals surface area (Å²) in [6.07, 6.45) is -0.0752. The van der Waals surface area contributed by atoms with Gasteiger partial charge in [0.1, 0.15) is 0 Å². The van der Waals surface area contributed by atoms with E-state index >= 15 is 0 Å². The normalized spacial score (nSPS) is 41.1. The molecule has 5 heteroatoms. The molecule has 0 aliphatic carbocycles. The number of hydrogen-bond donors (Lipinski definition) is 0. The van der Waals surface area contributed by atoms with Gasteiger partial charge in [0.15, 0.2) is 9.84 Å². The highest BCUT2D eigenvalue weighted by molar-refractivity contribution is 7.91. The number of likely N-dealkylation sites (N-methyl/N-ethyl adjacent to an activating group) is 1. The van der Waals surface area contributed by atoms with Crippen molar-refractivity contribution in [2.45, 2.75) is 12.1 Å². The molecule has 0 aromatic heterocycles. The Morgan fingerprint density at radius 3 is 2.83 bits per heavy atom. The highest BCUT2D eigenvalue weighted by Crippen LogP contribution is 2.22. The lowest BCUT2D eigenvalue weighted by molar-refractivity contribution is -0.0359. The fraction of sp³-hybridized carbons (Fsp3) is 1.00. The lowest BCUT2D eigenvalue weighted by Gasteiger charge is -2.33. The summed E-state index contributed by atoms with van der Waals surface area (Å²) in [4.78, 5) is 2.08. The zero-order chi connectivity index (χ0) is 8.77. The maximum absolute atomic E-state index is 11.2. The Kier molecular flexibility index (Phi) is 1.89. The van der Waals surface area contributed by atoms with Crippen molar-refractivity contribution in [2.24, 2.45) is 0 Å². The van der Waals surface area contributed by atoms with Gasteiger partial charge in [-0.05, 0) is 7.05 Å². The van der Waals surface area contributed by atoms with Gasteiger partial charge in [-0.3, -0.25) is 4.90 Å². The Bertz CT molecular complexity index is 274. The average molecular weight is 191 g/mol. The Labute approximate surface area is 72.4 Å². The molecule has 0 N–H and O–H groups in total. The zero-order valence-electron chi connectivity index (χ0n) is 7.06. The molecule has 0 bridgehead atoms. The predicted octanol–water partition coefficient (Wildman–Crippen LogP) is -0.886. The van der Waals surface area contributed by atoms with Gasteiger partial charge in [0.2, 0.25) is 0 Å². The van der Waals surface area contributed by atoms with Crippen LogP contribution in [0.2, 0.25) is 0 Å². The van der Waals surface area contributed by atoms with Crippen molar-refractivity contribution in [3.63, 3.8) is 0 Å². The summed E-state index contributed by atoms with van der Waals surface area (Å²) >= 11 is 0. The first kappa shape index (κ1) is 8.47. The van der Waals surface area contributed by atoms with E-state index in [1.165, 1.54) is 0 Å². The van der Waals surface area contributed by atoms with Crippen molar-refractivity contribution in [3.8, 4) is 0 Å². The lowest BCUT2D eigenvalue weighted by Crippen LogP contribution is -2.48. The minimum absolute atomic E-state index is 0.0752. The molecule has 2 saturated heterocycles. The van der Waals surface area contributed by atoms with E-state index in [-0.39, 0.29) is 23.7 Å². The average Bonchev–Trinajstić information content (AvgIpc) is 2.25. The van der Waals surface area contributed by atoms with Gasteiger partial charge < -0.3 is 4.74 Å². The standard InChI is InChI=1S/C7H13NO3S/c1-8-2-3-11-7-5-12(9,10)4-6(7)8/h6-7H,2-5H2,1H3. The minimum Gasteiger partial charge on any atom is -0.374 e. The van der Waals surface area contributed by atoms with Crippen molar-refractivity contribution in [1.29, 1.82) is 0 Å². The van der Waals surface area contributed by atoms with E-state index in [9.17, 15) is 8.42 Å². The molecule has 0 spiro atoms. The highest BCUT2D eigenvalue weighted by Gasteiger charge is 2.42. The van der Waals surface area contributed by atoms with Crippen LogP contribution in [0, 0.1) is 0 Å². The lowest BCUT2D eigenvalue weighted by atomic mass is 10.1. The fourth-order valence-corrected chi connectivity index (χ4v) is 3.83. The van der Waals surface area contributed by atoms with Crippen LogP contribution in [-0.4, -0.2) is 57.2 Å². The molecule has 2 rings (SSSR count). The SMILES string of the molecule is CN1CCOC2CS(=O)(=O)CC21. The maximum Gasteiger partial charge on any atom is 0.154 e. The molecular formula is C7H13NO3S. The molecule has 0 radical (unpaired) electrons. The second kappa shape index (κ2) is 2.68. The quantitative estimate of drug-likeness (QED) is 0.498. The monoisotopic (exact) mass is 191 g/mol. The zero-order valence-corrected chi connectivity index (χ0v) is 7.88. The van der Waals surface area contributed by atoms with E-state index in [0.717, 1.165) is 6.54 Å². The van der Waals surface area contributed by atoms with Crippen LogP contribution in [0.5, 0.6) is 0 Å². The molecule has 0 aromatic rings. The van der Waals surface area contributed by atoms with Crippen molar-refractivity contribution in [1.82, 2.24) is 4.90 Å². The van der Waals surface area contributed by atoms with Gasteiger partial charge in [0, 0.05) is 6.54 Å². The molecule has 0 amide bonds. The van der Waals surface area contributed by atoms with Crippen LogP contribution in [0.25, 0.3) is 0 Å². The summed E-state index contributed by atoms with van der Waals surface area (Å²) in [5.41, 5.74) is 0. The Balaban J connectivity index is 2.19. The summed E-state index contributed by atoms with van der Waals surface area (Å²) in [6, 6.07) is 0.101. The molecule has 2 aliphatic rings. The van der Waals surface area contributed by atoms with E-state index in [1.54, 1.807) is 0 Å². The molecule has 2 unspecified atom stereocenters. The topological polar surface area (TPSA) is 46.6 Å². The molecule has 4 nitrogen and oxygen atoms in total. The molecule has 2 aliphatic heterocycles. The first-order valence-corrected chi connectivity index (χ1v) is 5.93. The molecular weight excluding hydrogens is 178 g/mol. The van der Waals surface area contributed by atoms with Crippen molar-refractivity contribution < 1.29 is 13.2 Å². The molecule has 70 valence electrons. The number of sulfone groups is 1. The smallest absolute Gasteiger partial charge is 0.154 e. The molecule has 12 heavy (non-hydrogen) atoms. The number of hydrogen-bond acceptors (Lipinski definition) is 4. The number of ether oxygens (including phenoxy) is 1. The van der Waals surface area contributed by atoms with Gasteiger partial charge >= 0.3 is 0 Å². The molecule has 2 atom stereocenters. The van der Waals surface area contributed by atoms with E-state index in [1.807, 2.05) is 7.05 Å². The Hall–Kier alpha value is -0.130. The van der Waals surface area contributed by atoms with E-state index in [2.05, 4.69) is 4.90 Å². The number of nitrogens with zero attached hydrogens (tertiary/aromatic N) is 1. The largest absolute Gasteiger partial charge is 0.374 e. The van der Waals surface area contributed by atoms with Crippen LogP contribution in [-0.2, 0) is 14.6 Å². The van der Waals surface area contributed by atoms with Crippen molar-refractivity contribution in [3.05, 3.63) is 0 Å². The summed E-state index contributed by atoms with van der Waals surface area (Å²) in [5, 5.41) is 0. The molecule has 0 saturated carbocycles. The fourth-order valence-electron chi connectivity index (χ4n) is 1.88. The number of morpholine rings is 1. The second-order valence-electron chi connectivity index (χ2n) is 3.53. The first-order valence-electron chi connectivity index (χ1n) is 4.11. The predicted molar refractivity (Wildman–Crippen MR) is 44.8 cm³/mol. The number of rotatable bonds is 0. The van der Waals surface area contributed by atoms with Crippen LogP contribution >= 0.6 is 0 Å². The van der Waals surface area contributed by atoms with E-state index in [4.69, 9.17) is 4.74 Å². The first-order chi connectivity index (χ1) is 5.58. The van der Waals surface area contributed by atoms with Crippen LogP contribution < -0.4 is 0 Å². The Morgan fingerprint density at radius 2 is 2.17 bits per heavy atom. The van der Waals surface area contributed by atoms with Gasteiger partial charge in [-0.1, -0.05) is 0 Å². The molecule has 2 heterocycles. The summed E-state index contributed by atoms with van der Waals surface area (Å²) < 4.78 is 27.9. The maximum atomic E-state index is 11.2. The van der Waals surface area contributed by atoms with Gasteiger partial charge in [0.25, 0.3) is 0 Å².